The summed E-state index contributed by atoms with van der Waals surface area (Å²) in [5.74, 6) is 0.0456. The molecule has 12 heteroatoms. The molecular weight excluding hydrogens is 543 g/mol. The molecule has 1 aromatic carbocycles. The first-order valence-electron chi connectivity index (χ1n) is 9.89. The van der Waals surface area contributed by atoms with E-state index < -0.39 is 11.9 Å². The summed E-state index contributed by atoms with van der Waals surface area (Å²) in [5.41, 5.74) is 0.0366. The number of nitrogens with zero attached hydrogens (tertiary/aromatic N) is 4. The molecule has 0 amide bonds. The Morgan fingerprint density at radius 2 is 1.84 bits per heavy atom. The third-order valence-corrected chi connectivity index (χ3v) is 5.05. The fourth-order valence-corrected chi connectivity index (χ4v) is 3.53. The van der Waals surface area contributed by atoms with Crippen LogP contribution in [0.4, 0.5) is 17.6 Å². The van der Waals surface area contributed by atoms with Crippen LogP contribution in [0.2, 0.25) is 0 Å². The number of hydrogen-bond acceptors (Lipinski definition) is 4. The zero-order chi connectivity index (χ0) is 22.4. The average Bonchev–Trinajstić information content (AvgIpc) is 3.13. The van der Waals surface area contributed by atoms with Gasteiger partial charge in [0.2, 0.25) is 0 Å². The molecule has 1 aliphatic heterocycles. The summed E-state index contributed by atoms with van der Waals surface area (Å²) < 4.78 is 59.4. The molecule has 178 valence electrons. The van der Waals surface area contributed by atoms with Crippen LogP contribution in [0, 0.1) is 5.82 Å². The molecule has 0 radical (unpaired) electrons. The van der Waals surface area contributed by atoms with Crippen molar-refractivity contribution >= 4 is 29.9 Å². The SMILES string of the molecule is CN=C(NCc1cn(C)nc1C(F)(F)F)NCC(c1ccc(F)cc1)N1CCOCC1.I. The summed E-state index contributed by atoms with van der Waals surface area (Å²) >= 11 is 0. The van der Waals surface area contributed by atoms with E-state index in [-0.39, 0.29) is 47.9 Å². The molecule has 1 fully saturated rings. The lowest BCUT2D eigenvalue weighted by Gasteiger charge is -2.35. The fraction of sp³-hybridized carbons (Fsp3) is 0.500. The highest BCUT2D eigenvalue weighted by molar-refractivity contribution is 14.0. The maximum atomic E-state index is 13.4. The van der Waals surface area contributed by atoms with E-state index >= 15 is 0 Å². The Bertz CT molecular complexity index is 881. The van der Waals surface area contributed by atoms with Crippen LogP contribution in [0.25, 0.3) is 0 Å². The minimum absolute atomic E-state index is 0. The zero-order valence-corrected chi connectivity index (χ0v) is 20.2. The number of hydrogen-bond donors (Lipinski definition) is 2. The first-order valence-corrected chi connectivity index (χ1v) is 9.89. The smallest absolute Gasteiger partial charge is 0.379 e. The topological polar surface area (TPSA) is 66.7 Å². The maximum absolute atomic E-state index is 13.4. The number of benzene rings is 1. The Labute approximate surface area is 201 Å². The van der Waals surface area contributed by atoms with E-state index in [1.54, 1.807) is 19.2 Å². The van der Waals surface area contributed by atoms with Crippen LogP contribution >= 0.6 is 24.0 Å². The van der Waals surface area contributed by atoms with Crippen molar-refractivity contribution in [3.8, 4) is 0 Å². The van der Waals surface area contributed by atoms with E-state index in [1.807, 2.05) is 0 Å². The molecule has 3 rings (SSSR count). The van der Waals surface area contributed by atoms with Gasteiger partial charge >= 0.3 is 6.18 Å². The van der Waals surface area contributed by atoms with Crippen LogP contribution in [-0.2, 0) is 24.5 Å². The van der Waals surface area contributed by atoms with Crippen molar-refractivity contribution in [3.05, 3.63) is 53.1 Å². The number of alkyl halides is 3. The Hall–Kier alpha value is -1.93. The van der Waals surface area contributed by atoms with Crippen molar-refractivity contribution in [2.75, 3.05) is 39.9 Å². The lowest BCUT2D eigenvalue weighted by molar-refractivity contribution is -0.142. The number of morpholine rings is 1. The Morgan fingerprint density at radius 3 is 2.44 bits per heavy atom. The summed E-state index contributed by atoms with van der Waals surface area (Å²) in [7, 11) is 2.99. The van der Waals surface area contributed by atoms with Gasteiger partial charge in [-0.3, -0.25) is 14.6 Å². The number of ether oxygens (including phenoxy) is 1. The second kappa shape index (κ2) is 11.8. The maximum Gasteiger partial charge on any atom is 0.435 e. The Kier molecular flexibility index (Phi) is 9.70. The van der Waals surface area contributed by atoms with Gasteiger partial charge in [-0.05, 0) is 17.7 Å². The van der Waals surface area contributed by atoms with Crippen LogP contribution < -0.4 is 10.6 Å². The van der Waals surface area contributed by atoms with Crippen molar-refractivity contribution in [2.45, 2.75) is 18.8 Å². The van der Waals surface area contributed by atoms with E-state index in [9.17, 15) is 17.6 Å². The predicted octanol–water partition coefficient (Wildman–Crippen LogP) is 2.93. The van der Waals surface area contributed by atoms with Gasteiger partial charge in [-0.25, -0.2) is 4.39 Å². The molecule has 1 atom stereocenters. The van der Waals surface area contributed by atoms with Gasteiger partial charge in [0.15, 0.2) is 11.7 Å². The molecular formula is C20H27F4IN6O. The van der Waals surface area contributed by atoms with Crippen molar-refractivity contribution in [1.82, 2.24) is 25.3 Å². The summed E-state index contributed by atoms with van der Waals surface area (Å²) in [6.45, 7) is 3.00. The highest BCUT2D eigenvalue weighted by atomic mass is 127. The molecule has 2 heterocycles. The molecule has 2 aromatic rings. The van der Waals surface area contributed by atoms with Gasteiger partial charge in [-0.1, -0.05) is 12.1 Å². The van der Waals surface area contributed by atoms with Crippen LogP contribution in [-0.4, -0.2) is 60.5 Å². The van der Waals surface area contributed by atoms with E-state index in [1.165, 1.54) is 25.4 Å². The van der Waals surface area contributed by atoms with Gasteiger partial charge in [0.05, 0.1) is 19.3 Å². The highest BCUT2D eigenvalue weighted by Crippen LogP contribution is 2.30. The van der Waals surface area contributed by atoms with Gasteiger partial charge in [0, 0.05) is 52.0 Å². The van der Waals surface area contributed by atoms with Gasteiger partial charge in [-0.2, -0.15) is 18.3 Å². The van der Waals surface area contributed by atoms with Crippen LogP contribution in [0.5, 0.6) is 0 Å². The quantitative estimate of drug-likeness (QED) is 0.242. The first-order chi connectivity index (χ1) is 14.8. The standard InChI is InChI=1S/C20H26F4N6O.HI/c1-25-19(26-11-15-13-29(2)28-18(15)20(22,23)24)27-12-17(30-7-9-31-10-8-30)14-3-5-16(21)6-4-14;/h3-6,13,17H,7-12H2,1-2H3,(H2,25,26,27);1H. The van der Waals surface area contributed by atoms with Gasteiger partial charge < -0.3 is 15.4 Å². The van der Waals surface area contributed by atoms with E-state index in [0.29, 0.717) is 25.7 Å². The second-order valence-electron chi connectivity index (χ2n) is 7.20. The molecule has 1 saturated heterocycles. The Morgan fingerprint density at radius 1 is 1.19 bits per heavy atom. The monoisotopic (exact) mass is 570 g/mol. The first kappa shape index (κ1) is 26.3. The van der Waals surface area contributed by atoms with Crippen LogP contribution in [0.3, 0.4) is 0 Å². The molecule has 0 aliphatic carbocycles. The highest BCUT2D eigenvalue weighted by Gasteiger charge is 2.36. The second-order valence-corrected chi connectivity index (χ2v) is 7.20. The molecule has 0 bridgehead atoms. The van der Waals surface area contributed by atoms with E-state index in [4.69, 9.17) is 4.74 Å². The summed E-state index contributed by atoms with van der Waals surface area (Å²) in [6, 6.07) is 6.22. The Balaban J connectivity index is 0.00000363. The van der Waals surface area contributed by atoms with Gasteiger partial charge in [-0.15, -0.1) is 24.0 Å². The van der Waals surface area contributed by atoms with Crippen molar-refractivity contribution in [3.63, 3.8) is 0 Å². The lowest BCUT2D eigenvalue weighted by Crippen LogP contribution is -2.46. The van der Waals surface area contributed by atoms with Crippen molar-refractivity contribution in [1.29, 1.82) is 0 Å². The molecule has 0 saturated carbocycles. The fourth-order valence-electron chi connectivity index (χ4n) is 3.53. The largest absolute Gasteiger partial charge is 0.435 e. The number of rotatable bonds is 6. The van der Waals surface area contributed by atoms with Gasteiger partial charge in [0.25, 0.3) is 0 Å². The van der Waals surface area contributed by atoms with Crippen molar-refractivity contribution in [2.24, 2.45) is 12.0 Å². The molecule has 1 aromatic heterocycles. The molecule has 1 aliphatic rings. The zero-order valence-electron chi connectivity index (χ0n) is 17.8. The number of aryl methyl sites for hydroxylation is 1. The minimum atomic E-state index is -4.53. The number of aromatic nitrogens is 2. The van der Waals surface area contributed by atoms with E-state index in [0.717, 1.165) is 23.3 Å². The number of nitrogens with one attached hydrogen (secondary N) is 2. The molecule has 7 nitrogen and oxygen atoms in total. The van der Waals surface area contributed by atoms with Crippen molar-refractivity contribution < 1.29 is 22.3 Å². The molecule has 1 unspecified atom stereocenters. The van der Waals surface area contributed by atoms with E-state index in [2.05, 4.69) is 25.6 Å². The normalized spacial score (nSPS) is 16.4. The minimum Gasteiger partial charge on any atom is -0.379 e. The number of aliphatic imine (C=N–C) groups is 1. The third-order valence-electron chi connectivity index (χ3n) is 5.05. The average molecular weight is 570 g/mol. The number of guanidine groups is 1. The van der Waals surface area contributed by atoms with Crippen LogP contribution in [0.15, 0.2) is 35.5 Å². The third kappa shape index (κ3) is 7.04. The lowest BCUT2D eigenvalue weighted by atomic mass is 10.0. The molecule has 2 N–H and O–H groups in total. The molecule has 32 heavy (non-hydrogen) atoms. The number of halogens is 5. The summed E-state index contributed by atoms with van der Waals surface area (Å²) in [4.78, 5) is 6.33. The summed E-state index contributed by atoms with van der Waals surface area (Å²) in [5, 5.41) is 9.59. The summed E-state index contributed by atoms with van der Waals surface area (Å²) in [6.07, 6.45) is -3.20. The predicted molar refractivity (Wildman–Crippen MR) is 123 cm³/mol. The van der Waals surface area contributed by atoms with Gasteiger partial charge in [0.1, 0.15) is 5.82 Å². The molecule has 0 spiro atoms. The van der Waals surface area contributed by atoms with Crippen LogP contribution in [0.1, 0.15) is 22.9 Å².